The second-order valence-corrected chi connectivity index (χ2v) is 8.67. The molecule has 0 aromatic carbocycles. The largest absolute Gasteiger partial charge is 0.495 e. The lowest BCUT2D eigenvalue weighted by Crippen LogP contribution is -2.57. The molecule has 2 aliphatic heterocycles. The highest BCUT2D eigenvalue weighted by Crippen LogP contribution is 2.43. The molecular formula is C25H25N7O4. The molecule has 11 nitrogen and oxygen atoms in total. The number of rotatable bonds is 5. The summed E-state index contributed by atoms with van der Waals surface area (Å²) in [7, 11) is 1.50. The Kier molecular flexibility index (Phi) is 6.28. The Labute approximate surface area is 207 Å². The molecule has 1 N–H and O–H groups in total. The van der Waals surface area contributed by atoms with Gasteiger partial charge in [-0.05, 0) is 19.1 Å². The van der Waals surface area contributed by atoms with E-state index >= 15 is 0 Å². The molecule has 3 aromatic heterocycles. The number of hydrogen-bond donors (Lipinski definition) is 1. The summed E-state index contributed by atoms with van der Waals surface area (Å²) in [5, 5.41) is 3.22. The van der Waals surface area contributed by atoms with E-state index in [0.29, 0.717) is 40.6 Å². The Morgan fingerprint density at radius 1 is 1.06 bits per heavy atom. The fourth-order valence-electron chi connectivity index (χ4n) is 4.73. The minimum atomic E-state index is -0.732. The van der Waals surface area contributed by atoms with Crippen molar-refractivity contribution < 1.29 is 19.1 Å². The molecule has 36 heavy (non-hydrogen) atoms. The Morgan fingerprint density at radius 2 is 1.92 bits per heavy atom. The van der Waals surface area contributed by atoms with Crippen LogP contribution in [0.15, 0.2) is 49.2 Å². The van der Waals surface area contributed by atoms with Gasteiger partial charge in [0.2, 0.25) is 5.78 Å². The van der Waals surface area contributed by atoms with Gasteiger partial charge in [0.05, 0.1) is 31.1 Å². The van der Waals surface area contributed by atoms with Crippen molar-refractivity contribution in [3.8, 4) is 17.1 Å². The van der Waals surface area contributed by atoms with Gasteiger partial charge in [-0.25, -0.2) is 4.98 Å². The molecule has 2 unspecified atom stereocenters. The quantitative estimate of drug-likeness (QED) is 0.531. The summed E-state index contributed by atoms with van der Waals surface area (Å²) in [6, 6.07) is 4.91. The molecule has 11 heteroatoms. The van der Waals surface area contributed by atoms with Crippen molar-refractivity contribution in [3.05, 3.63) is 60.4 Å². The van der Waals surface area contributed by atoms with Crippen molar-refractivity contribution in [3.63, 3.8) is 0 Å². The number of nitrogens with zero attached hydrogens (tertiary/aromatic N) is 6. The number of pyridine rings is 2. The molecule has 0 aliphatic carbocycles. The molecule has 0 saturated carbocycles. The van der Waals surface area contributed by atoms with Gasteiger partial charge < -0.3 is 19.9 Å². The van der Waals surface area contributed by atoms with E-state index in [-0.39, 0.29) is 31.6 Å². The fourth-order valence-corrected chi connectivity index (χ4v) is 4.73. The number of anilines is 1. The van der Waals surface area contributed by atoms with E-state index in [0.717, 1.165) is 0 Å². The molecule has 0 spiro atoms. The number of methoxy groups -OCH3 is 1. The Balaban J connectivity index is 1.34. The Morgan fingerprint density at radius 3 is 2.61 bits per heavy atom. The van der Waals surface area contributed by atoms with Gasteiger partial charge in [-0.3, -0.25) is 29.3 Å². The highest BCUT2D eigenvalue weighted by atomic mass is 16.5. The van der Waals surface area contributed by atoms with Gasteiger partial charge in [0, 0.05) is 56.4 Å². The molecule has 1 saturated heterocycles. The number of Topliss-reactive ketones (excluding diaryl/α,β-unsaturated/α-hetero) is 1. The SMILES string of the molecule is COc1cnc(-c2cnccn2)c2c1C(C(=O)C(=O)N1CCN(C(=O)c3ccccn3)C(C)C1)CN2. The van der Waals surface area contributed by atoms with Crippen LogP contribution in [0, 0.1) is 0 Å². The van der Waals surface area contributed by atoms with Crippen molar-refractivity contribution in [2.75, 3.05) is 38.6 Å². The van der Waals surface area contributed by atoms with Gasteiger partial charge in [0.15, 0.2) is 0 Å². The topological polar surface area (TPSA) is 131 Å². The predicted octanol–water partition coefficient (Wildman–Crippen LogP) is 1.39. The van der Waals surface area contributed by atoms with Crippen molar-refractivity contribution >= 4 is 23.3 Å². The second kappa shape index (κ2) is 9.68. The van der Waals surface area contributed by atoms with Crippen LogP contribution in [-0.2, 0) is 9.59 Å². The lowest BCUT2D eigenvalue weighted by Gasteiger charge is -2.39. The first-order valence-electron chi connectivity index (χ1n) is 11.6. The van der Waals surface area contributed by atoms with E-state index in [4.69, 9.17) is 4.74 Å². The highest BCUT2D eigenvalue weighted by molar-refractivity contribution is 6.38. The summed E-state index contributed by atoms with van der Waals surface area (Å²) < 4.78 is 5.49. The number of carbonyl (C=O) groups excluding carboxylic acids is 3. The first-order chi connectivity index (χ1) is 17.5. The van der Waals surface area contributed by atoms with Crippen LogP contribution in [0.1, 0.15) is 28.9 Å². The number of ether oxygens (including phenoxy) is 1. The third kappa shape index (κ3) is 4.12. The van der Waals surface area contributed by atoms with Crippen LogP contribution in [0.4, 0.5) is 5.69 Å². The average Bonchev–Trinajstić information content (AvgIpc) is 3.37. The Hall–Kier alpha value is -4.41. The maximum Gasteiger partial charge on any atom is 0.290 e. The zero-order valence-corrected chi connectivity index (χ0v) is 19.9. The molecular weight excluding hydrogens is 462 g/mol. The maximum absolute atomic E-state index is 13.4. The van der Waals surface area contributed by atoms with Gasteiger partial charge in [0.25, 0.3) is 11.8 Å². The standard InChI is InChI=1S/C25H25N7O4/c1-15-14-31(9-10-32(15)24(34)17-5-3-4-6-27-17)25(35)23(33)16-11-29-22-20(16)19(36-2)13-30-21(22)18-12-26-7-8-28-18/h3-8,12-13,15-16,29H,9-11,14H2,1-2H3. The van der Waals surface area contributed by atoms with Crippen LogP contribution in [0.5, 0.6) is 5.75 Å². The van der Waals surface area contributed by atoms with Gasteiger partial charge in [-0.2, -0.15) is 0 Å². The highest BCUT2D eigenvalue weighted by Gasteiger charge is 2.40. The predicted molar refractivity (Wildman–Crippen MR) is 129 cm³/mol. The van der Waals surface area contributed by atoms with Gasteiger partial charge in [-0.1, -0.05) is 6.07 Å². The number of amides is 2. The van der Waals surface area contributed by atoms with Crippen LogP contribution in [0.3, 0.4) is 0 Å². The van der Waals surface area contributed by atoms with Crippen LogP contribution in [0.2, 0.25) is 0 Å². The number of ketones is 1. The molecule has 184 valence electrons. The monoisotopic (exact) mass is 487 g/mol. The molecule has 0 radical (unpaired) electrons. The van der Waals surface area contributed by atoms with E-state index in [1.165, 1.54) is 18.2 Å². The van der Waals surface area contributed by atoms with E-state index in [9.17, 15) is 14.4 Å². The van der Waals surface area contributed by atoms with Crippen LogP contribution in [-0.4, -0.2) is 86.7 Å². The van der Waals surface area contributed by atoms with Crippen molar-refractivity contribution in [2.24, 2.45) is 0 Å². The van der Waals surface area contributed by atoms with Gasteiger partial charge in [0.1, 0.15) is 22.8 Å². The molecule has 2 amide bonds. The summed E-state index contributed by atoms with van der Waals surface area (Å²) >= 11 is 0. The summed E-state index contributed by atoms with van der Waals surface area (Å²) in [4.78, 5) is 59.8. The molecule has 5 rings (SSSR count). The number of nitrogens with one attached hydrogen (secondary N) is 1. The number of carbonyl (C=O) groups is 3. The van der Waals surface area contributed by atoms with Crippen LogP contribution < -0.4 is 10.1 Å². The van der Waals surface area contributed by atoms with E-state index in [2.05, 4.69) is 25.3 Å². The minimum absolute atomic E-state index is 0.191. The maximum atomic E-state index is 13.4. The lowest BCUT2D eigenvalue weighted by atomic mass is 9.94. The summed E-state index contributed by atoms with van der Waals surface area (Å²) in [6.07, 6.45) is 7.82. The number of piperazine rings is 1. The normalized spacial score (nSPS) is 18.8. The van der Waals surface area contributed by atoms with Crippen molar-refractivity contribution in [1.29, 1.82) is 0 Å². The molecule has 1 fully saturated rings. The van der Waals surface area contributed by atoms with Gasteiger partial charge >= 0.3 is 0 Å². The van der Waals surface area contributed by atoms with Crippen LogP contribution >= 0.6 is 0 Å². The fraction of sp³-hybridized carbons (Fsp3) is 0.320. The molecule has 0 bridgehead atoms. The first kappa shape index (κ1) is 23.3. The van der Waals surface area contributed by atoms with E-state index < -0.39 is 17.6 Å². The molecule has 3 aromatic rings. The average molecular weight is 488 g/mol. The smallest absolute Gasteiger partial charge is 0.290 e. The first-order valence-corrected chi connectivity index (χ1v) is 11.6. The van der Waals surface area contributed by atoms with E-state index in [1.54, 1.807) is 47.9 Å². The molecule has 2 atom stereocenters. The molecule has 5 heterocycles. The molecule has 2 aliphatic rings. The van der Waals surface area contributed by atoms with Crippen molar-refractivity contribution in [1.82, 2.24) is 29.7 Å². The zero-order valence-electron chi connectivity index (χ0n) is 19.9. The van der Waals surface area contributed by atoms with Gasteiger partial charge in [-0.15, -0.1) is 0 Å². The Bertz CT molecular complexity index is 1300. The summed E-state index contributed by atoms with van der Waals surface area (Å²) in [5.74, 6) is -1.61. The minimum Gasteiger partial charge on any atom is -0.495 e. The third-order valence-corrected chi connectivity index (χ3v) is 6.53. The third-order valence-electron chi connectivity index (χ3n) is 6.53. The summed E-state index contributed by atoms with van der Waals surface area (Å²) in [6.45, 7) is 2.94. The van der Waals surface area contributed by atoms with Crippen molar-refractivity contribution in [2.45, 2.75) is 18.9 Å². The lowest BCUT2D eigenvalue weighted by molar-refractivity contribution is -0.146. The van der Waals surface area contributed by atoms with E-state index in [1.807, 2.05) is 6.92 Å². The summed E-state index contributed by atoms with van der Waals surface area (Å²) in [5.41, 5.74) is 2.64. The number of fused-ring (bicyclic) bond motifs is 1. The second-order valence-electron chi connectivity index (χ2n) is 8.67. The van der Waals surface area contributed by atoms with Crippen LogP contribution in [0.25, 0.3) is 11.4 Å². The number of aromatic nitrogens is 4. The number of hydrogen-bond acceptors (Lipinski definition) is 9. The zero-order chi connectivity index (χ0) is 25.2.